The number of phenols is 1. The van der Waals surface area contributed by atoms with E-state index in [0.717, 1.165) is 34.4 Å². The summed E-state index contributed by atoms with van der Waals surface area (Å²) in [7, 11) is 0. The molecule has 0 amide bonds. The predicted molar refractivity (Wildman–Crippen MR) is 88.7 cm³/mol. The van der Waals surface area contributed by atoms with Gasteiger partial charge in [0.15, 0.2) is 0 Å². The summed E-state index contributed by atoms with van der Waals surface area (Å²) in [6.45, 7) is 2.10. The van der Waals surface area contributed by atoms with Crippen LogP contribution in [0, 0.1) is 0 Å². The van der Waals surface area contributed by atoms with Crippen molar-refractivity contribution in [2.24, 2.45) is 0 Å². The summed E-state index contributed by atoms with van der Waals surface area (Å²) < 4.78 is 2.12. The summed E-state index contributed by atoms with van der Waals surface area (Å²) >= 11 is 0. The Labute approximate surface area is 123 Å². The molecule has 21 heavy (non-hydrogen) atoms. The van der Waals surface area contributed by atoms with Crippen LogP contribution in [0.25, 0.3) is 22.7 Å². The van der Waals surface area contributed by atoms with Crippen LogP contribution < -0.4 is 5.73 Å². The second-order valence-corrected chi connectivity index (χ2v) is 4.98. The van der Waals surface area contributed by atoms with Gasteiger partial charge >= 0.3 is 0 Å². The van der Waals surface area contributed by atoms with Crippen molar-refractivity contribution in [2.45, 2.75) is 13.3 Å². The molecule has 3 aromatic rings. The van der Waals surface area contributed by atoms with Crippen molar-refractivity contribution >= 4 is 22.7 Å². The van der Waals surface area contributed by atoms with Gasteiger partial charge in [0.2, 0.25) is 0 Å². The van der Waals surface area contributed by atoms with Crippen LogP contribution in [0.1, 0.15) is 19.0 Å². The molecule has 1 aromatic heterocycles. The number of para-hydroxylation sites is 1. The van der Waals surface area contributed by atoms with Gasteiger partial charge in [-0.3, -0.25) is 0 Å². The Morgan fingerprint density at radius 1 is 1.10 bits per heavy atom. The molecule has 0 bridgehead atoms. The van der Waals surface area contributed by atoms with Crippen molar-refractivity contribution in [3.63, 3.8) is 0 Å². The first-order chi connectivity index (χ1) is 10.2. The molecule has 0 spiro atoms. The van der Waals surface area contributed by atoms with Crippen LogP contribution in [0.3, 0.4) is 0 Å². The van der Waals surface area contributed by atoms with Crippen molar-refractivity contribution in [2.75, 3.05) is 5.73 Å². The van der Waals surface area contributed by atoms with E-state index in [2.05, 4.69) is 29.7 Å². The highest BCUT2D eigenvalue weighted by atomic mass is 16.3. The van der Waals surface area contributed by atoms with E-state index in [4.69, 9.17) is 5.73 Å². The third-order valence-corrected chi connectivity index (χ3v) is 3.57. The summed E-state index contributed by atoms with van der Waals surface area (Å²) in [5, 5.41) is 10.5. The molecule has 0 aliphatic carbocycles. The van der Waals surface area contributed by atoms with Gasteiger partial charge in [-0.1, -0.05) is 31.2 Å². The molecule has 0 saturated heterocycles. The van der Waals surface area contributed by atoms with Crippen LogP contribution in [-0.4, -0.2) is 9.67 Å². The van der Waals surface area contributed by atoms with Crippen molar-refractivity contribution in [1.29, 1.82) is 0 Å². The summed E-state index contributed by atoms with van der Waals surface area (Å²) in [4.78, 5) is 0. The minimum absolute atomic E-state index is 0.258. The van der Waals surface area contributed by atoms with Gasteiger partial charge in [-0.2, -0.15) is 0 Å². The van der Waals surface area contributed by atoms with Crippen molar-refractivity contribution in [3.8, 4) is 11.4 Å². The third kappa shape index (κ3) is 2.27. The molecule has 0 aliphatic rings. The standard InChI is InChI=1S/C18H18N2O/c1-2-3-7-17-18(19)15-6-4-5-8-16(15)20(17)13-9-11-14(21)12-10-13/h3-12,21H,2,19H2,1H3/b7-3-. The molecule has 3 N–H and O–H groups in total. The second-order valence-electron chi connectivity index (χ2n) is 4.98. The van der Waals surface area contributed by atoms with Gasteiger partial charge < -0.3 is 15.4 Å². The average molecular weight is 278 g/mol. The first-order valence-corrected chi connectivity index (χ1v) is 7.07. The summed E-state index contributed by atoms with van der Waals surface area (Å²) in [6, 6.07) is 15.3. The van der Waals surface area contributed by atoms with Crippen LogP contribution in [-0.2, 0) is 0 Å². The fourth-order valence-electron chi connectivity index (χ4n) is 2.56. The monoisotopic (exact) mass is 278 g/mol. The fourth-order valence-corrected chi connectivity index (χ4v) is 2.56. The number of benzene rings is 2. The van der Waals surface area contributed by atoms with E-state index in [1.807, 2.05) is 30.3 Å². The van der Waals surface area contributed by atoms with Crippen molar-refractivity contribution in [3.05, 3.63) is 60.3 Å². The largest absolute Gasteiger partial charge is 0.508 e. The lowest BCUT2D eigenvalue weighted by Gasteiger charge is -2.09. The lowest BCUT2D eigenvalue weighted by atomic mass is 10.2. The van der Waals surface area contributed by atoms with Gasteiger partial charge in [-0.25, -0.2) is 0 Å². The fraction of sp³-hybridized carbons (Fsp3) is 0.111. The van der Waals surface area contributed by atoms with Crippen LogP contribution >= 0.6 is 0 Å². The van der Waals surface area contributed by atoms with Gasteiger partial charge in [0, 0.05) is 11.1 Å². The van der Waals surface area contributed by atoms with Crippen LogP contribution in [0.2, 0.25) is 0 Å². The number of fused-ring (bicyclic) bond motifs is 1. The molecule has 3 nitrogen and oxygen atoms in total. The minimum Gasteiger partial charge on any atom is -0.508 e. The van der Waals surface area contributed by atoms with E-state index in [-0.39, 0.29) is 5.75 Å². The van der Waals surface area contributed by atoms with Gasteiger partial charge in [0.1, 0.15) is 5.75 Å². The number of hydrogen-bond donors (Lipinski definition) is 2. The predicted octanol–water partition coefficient (Wildman–Crippen LogP) is 4.34. The molecular formula is C18H18N2O. The summed E-state index contributed by atoms with van der Waals surface area (Å²) in [5.41, 5.74) is 10.1. The third-order valence-electron chi connectivity index (χ3n) is 3.57. The van der Waals surface area contributed by atoms with Crippen LogP contribution in [0.5, 0.6) is 5.75 Å². The van der Waals surface area contributed by atoms with Crippen LogP contribution in [0.15, 0.2) is 54.6 Å². The molecule has 0 aliphatic heterocycles. The Kier molecular flexibility index (Phi) is 3.40. The maximum Gasteiger partial charge on any atom is 0.115 e. The molecular weight excluding hydrogens is 260 g/mol. The summed E-state index contributed by atoms with van der Waals surface area (Å²) in [5.74, 6) is 0.258. The Bertz CT molecular complexity index is 798. The maximum atomic E-state index is 9.48. The number of nitrogens with zero attached hydrogens (tertiary/aromatic N) is 1. The highest BCUT2D eigenvalue weighted by Crippen LogP contribution is 2.32. The van der Waals surface area contributed by atoms with Crippen LogP contribution in [0.4, 0.5) is 5.69 Å². The van der Waals surface area contributed by atoms with Gasteiger partial charge in [0.25, 0.3) is 0 Å². The topological polar surface area (TPSA) is 51.2 Å². The number of aromatic hydroxyl groups is 1. The van der Waals surface area contributed by atoms with Crippen molar-refractivity contribution < 1.29 is 5.11 Å². The molecule has 0 atom stereocenters. The molecule has 106 valence electrons. The molecule has 2 aromatic carbocycles. The number of nitrogen functional groups attached to an aromatic ring is 1. The Balaban J connectivity index is 2.33. The number of allylic oxidation sites excluding steroid dienone is 1. The number of nitrogens with two attached hydrogens (primary N) is 1. The normalized spacial score (nSPS) is 11.5. The lowest BCUT2D eigenvalue weighted by molar-refractivity contribution is 0.475. The highest BCUT2D eigenvalue weighted by Gasteiger charge is 2.13. The maximum absolute atomic E-state index is 9.48. The zero-order chi connectivity index (χ0) is 14.8. The molecule has 3 rings (SSSR count). The second kappa shape index (κ2) is 5.37. The molecule has 1 heterocycles. The summed E-state index contributed by atoms with van der Waals surface area (Å²) in [6.07, 6.45) is 5.11. The van der Waals surface area contributed by atoms with E-state index >= 15 is 0 Å². The SMILES string of the molecule is CC/C=C\c1c(N)c2ccccc2n1-c1ccc(O)cc1. The lowest BCUT2D eigenvalue weighted by Crippen LogP contribution is -1.97. The Morgan fingerprint density at radius 3 is 2.52 bits per heavy atom. The smallest absolute Gasteiger partial charge is 0.115 e. The molecule has 3 heteroatoms. The number of hydrogen-bond acceptors (Lipinski definition) is 2. The first kappa shape index (κ1) is 13.3. The van der Waals surface area contributed by atoms with Gasteiger partial charge in [-0.05, 0) is 42.8 Å². The van der Waals surface area contributed by atoms with E-state index in [1.54, 1.807) is 12.1 Å². The Hall–Kier alpha value is -2.68. The van der Waals surface area contributed by atoms with E-state index in [9.17, 15) is 5.11 Å². The van der Waals surface area contributed by atoms with Crippen molar-refractivity contribution in [1.82, 2.24) is 4.57 Å². The van der Waals surface area contributed by atoms with Gasteiger partial charge in [-0.15, -0.1) is 0 Å². The van der Waals surface area contributed by atoms with E-state index in [0.29, 0.717) is 0 Å². The molecule has 0 saturated carbocycles. The highest BCUT2D eigenvalue weighted by molar-refractivity contribution is 5.98. The number of anilines is 1. The first-order valence-electron chi connectivity index (χ1n) is 7.07. The number of aromatic nitrogens is 1. The molecule has 0 fully saturated rings. The average Bonchev–Trinajstić information content (AvgIpc) is 2.79. The van der Waals surface area contributed by atoms with Gasteiger partial charge in [0.05, 0.1) is 16.9 Å². The zero-order valence-electron chi connectivity index (χ0n) is 12.0. The molecule has 0 radical (unpaired) electrons. The number of phenolic OH excluding ortho intramolecular Hbond substituents is 1. The quantitative estimate of drug-likeness (QED) is 0.748. The zero-order valence-corrected chi connectivity index (χ0v) is 12.0. The molecule has 0 unspecified atom stereocenters. The Morgan fingerprint density at radius 2 is 1.81 bits per heavy atom. The number of rotatable bonds is 3. The minimum atomic E-state index is 0.258. The van der Waals surface area contributed by atoms with E-state index in [1.165, 1.54) is 0 Å². The van der Waals surface area contributed by atoms with E-state index < -0.39 is 0 Å².